The molecule has 1 saturated heterocycles. The molecule has 4 N–H and O–H groups in total. The number of piperidine rings is 1. The van der Waals surface area contributed by atoms with Gasteiger partial charge >= 0.3 is 0 Å². The van der Waals surface area contributed by atoms with Gasteiger partial charge in [0.05, 0.1) is 0 Å². The number of nitrogens with zero attached hydrogens (tertiary/aromatic N) is 3. The Balaban J connectivity index is 2.08. The minimum atomic E-state index is -0.553. The van der Waals surface area contributed by atoms with E-state index in [2.05, 4.69) is 15.1 Å². The Kier molecular flexibility index (Phi) is 3.53. The number of nitrogens with two attached hydrogens (primary N) is 2. The molecule has 1 aromatic rings. The molecule has 0 radical (unpaired) electrons. The first-order chi connectivity index (χ1) is 8.20. The average molecular weight is 235 g/mol. The molecule has 2 rings (SSSR count). The molecule has 0 bridgehead atoms. The Bertz CT molecular complexity index is 391. The second-order valence-electron chi connectivity index (χ2n) is 4.33. The third-order valence-corrected chi connectivity index (χ3v) is 3.08. The Morgan fingerprint density at radius 3 is 2.88 bits per heavy atom. The number of carbonyl (C=O) groups is 1. The number of amides is 1. The van der Waals surface area contributed by atoms with Crippen LogP contribution >= 0.6 is 0 Å². The summed E-state index contributed by atoms with van der Waals surface area (Å²) in [6, 6.07) is 3.39. The third-order valence-electron chi connectivity index (χ3n) is 3.08. The monoisotopic (exact) mass is 235 g/mol. The normalized spacial score (nSPS) is 20.3. The molecule has 1 amide bonds. The lowest BCUT2D eigenvalue weighted by molar-refractivity contribution is 0.0994. The number of anilines is 1. The van der Waals surface area contributed by atoms with E-state index in [9.17, 15) is 4.79 Å². The van der Waals surface area contributed by atoms with Crippen molar-refractivity contribution in [1.29, 1.82) is 0 Å². The van der Waals surface area contributed by atoms with Gasteiger partial charge in [0, 0.05) is 13.1 Å². The minimum Gasteiger partial charge on any atom is -0.364 e. The lowest BCUT2D eigenvalue weighted by Crippen LogP contribution is -2.39. The molecule has 0 saturated carbocycles. The molecule has 1 aliphatic rings. The first-order valence-corrected chi connectivity index (χ1v) is 5.79. The van der Waals surface area contributed by atoms with E-state index < -0.39 is 5.91 Å². The van der Waals surface area contributed by atoms with E-state index in [1.165, 1.54) is 6.42 Å². The quantitative estimate of drug-likeness (QED) is 0.752. The van der Waals surface area contributed by atoms with E-state index in [1.54, 1.807) is 12.1 Å². The summed E-state index contributed by atoms with van der Waals surface area (Å²) >= 11 is 0. The predicted molar refractivity (Wildman–Crippen MR) is 64.5 cm³/mol. The molecular weight excluding hydrogens is 218 g/mol. The zero-order chi connectivity index (χ0) is 12.3. The van der Waals surface area contributed by atoms with Crippen LogP contribution in [0.3, 0.4) is 0 Å². The minimum absolute atomic E-state index is 0.195. The van der Waals surface area contributed by atoms with Crippen molar-refractivity contribution in [2.24, 2.45) is 17.4 Å². The third kappa shape index (κ3) is 2.71. The first-order valence-electron chi connectivity index (χ1n) is 5.79. The van der Waals surface area contributed by atoms with Gasteiger partial charge in [0.25, 0.3) is 5.91 Å². The van der Waals surface area contributed by atoms with Crippen LogP contribution in [-0.4, -0.2) is 35.7 Å². The highest BCUT2D eigenvalue weighted by molar-refractivity contribution is 5.90. The van der Waals surface area contributed by atoms with Crippen LogP contribution in [0.1, 0.15) is 23.3 Å². The van der Waals surface area contributed by atoms with Crippen molar-refractivity contribution in [2.45, 2.75) is 12.8 Å². The van der Waals surface area contributed by atoms with Crippen LogP contribution in [0.5, 0.6) is 0 Å². The van der Waals surface area contributed by atoms with Crippen molar-refractivity contribution >= 4 is 11.7 Å². The van der Waals surface area contributed by atoms with Gasteiger partial charge in [-0.15, -0.1) is 10.2 Å². The molecule has 0 aromatic carbocycles. The molecule has 0 aliphatic carbocycles. The summed E-state index contributed by atoms with van der Waals surface area (Å²) in [5.41, 5.74) is 11.0. The molecule has 1 aromatic heterocycles. The zero-order valence-electron chi connectivity index (χ0n) is 9.67. The van der Waals surface area contributed by atoms with E-state index in [1.807, 2.05) is 0 Å². The lowest BCUT2D eigenvalue weighted by atomic mass is 9.98. The van der Waals surface area contributed by atoms with Crippen molar-refractivity contribution in [3.63, 3.8) is 0 Å². The zero-order valence-corrected chi connectivity index (χ0v) is 9.67. The summed E-state index contributed by atoms with van der Waals surface area (Å²) in [7, 11) is 0. The fraction of sp³-hybridized carbons (Fsp3) is 0.545. The molecule has 92 valence electrons. The van der Waals surface area contributed by atoms with Crippen LogP contribution in [0.15, 0.2) is 12.1 Å². The van der Waals surface area contributed by atoms with Crippen molar-refractivity contribution in [3.8, 4) is 0 Å². The fourth-order valence-corrected chi connectivity index (χ4v) is 2.09. The predicted octanol–water partition coefficient (Wildman–Crippen LogP) is -0.249. The van der Waals surface area contributed by atoms with Gasteiger partial charge in [-0.1, -0.05) is 0 Å². The molecule has 6 nitrogen and oxygen atoms in total. The van der Waals surface area contributed by atoms with Crippen LogP contribution in [0.2, 0.25) is 0 Å². The molecule has 17 heavy (non-hydrogen) atoms. The van der Waals surface area contributed by atoms with Crippen molar-refractivity contribution in [3.05, 3.63) is 17.8 Å². The van der Waals surface area contributed by atoms with E-state index in [0.29, 0.717) is 12.5 Å². The number of rotatable bonds is 3. The molecule has 1 atom stereocenters. The second kappa shape index (κ2) is 5.09. The standard InChI is InChI=1S/C11H17N5O/c12-6-8-2-1-5-16(7-8)10-4-3-9(11(13)17)14-15-10/h3-4,8H,1-2,5-7,12H2,(H2,13,17). The van der Waals surface area contributed by atoms with E-state index in [0.717, 1.165) is 25.3 Å². The summed E-state index contributed by atoms with van der Waals surface area (Å²) in [4.78, 5) is 13.0. The highest BCUT2D eigenvalue weighted by atomic mass is 16.1. The number of hydrogen-bond donors (Lipinski definition) is 2. The Morgan fingerprint density at radius 1 is 1.47 bits per heavy atom. The van der Waals surface area contributed by atoms with Crippen LogP contribution in [0.25, 0.3) is 0 Å². The van der Waals surface area contributed by atoms with Crippen molar-refractivity contribution in [2.75, 3.05) is 24.5 Å². The summed E-state index contributed by atoms with van der Waals surface area (Å²) in [5, 5.41) is 7.83. The van der Waals surface area contributed by atoms with Gasteiger partial charge < -0.3 is 16.4 Å². The molecule has 1 fully saturated rings. The van der Waals surface area contributed by atoms with Crippen LogP contribution in [0.4, 0.5) is 5.82 Å². The van der Waals surface area contributed by atoms with Gasteiger partial charge in [-0.3, -0.25) is 4.79 Å². The van der Waals surface area contributed by atoms with Gasteiger partial charge in [-0.2, -0.15) is 0 Å². The van der Waals surface area contributed by atoms with Crippen LogP contribution in [0, 0.1) is 5.92 Å². The van der Waals surface area contributed by atoms with Gasteiger partial charge in [-0.05, 0) is 37.4 Å². The molecule has 0 spiro atoms. The summed E-state index contributed by atoms with van der Waals surface area (Å²) in [5.74, 6) is 0.747. The molecule has 6 heteroatoms. The Morgan fingerprint density at radius 2 is 2.29 bits per heavy atom. The van der Waals surface area contributed by atoms with E-state index in [-0.39, 0.29) is 5.69 Å². The van der Waals surface area contributed by atoms with Crippen molar-refractivity contribution < 1.29 is 4.79 Å². The smallest absolute Gasteiger partial charge is 0.269 e. The van der Waals surface area contributed by atoms with Gasteiger partial charge in [0.2, 0.25) is 0 Å². The number of aromatic nitrogens is 2. The fourth-order valence-electron chi connectivity index (χ4n) is 2.09. The Hall–Kier alpha value is -1.69. The molecule has 2 heterocycles. The SMILES string of the molecule is NCC1CCCN(c2ccc(C(N)=O)nn2)C1. The summed E-state index contributed by atoms with van der Waals surface area (Å²) in [6.45, 7) is 2.56. The first kappa shape index (κ1) is 11.8. The second-order valence-corrected chi connectivity index (χ2v) is 4.33. The highest BCUT2D eigenvalue weighted by Crippen LogP contribution is 2.20. The maximum Gasteiger partial charge on any atom is 0.269 e. The Labute approximate surface area is 100.0 Å². The maximum atomic E-state index is 10.9. The topological polar surface area (TPSA) is 98.1 Å². The number of primary amides is 1. The van der Waals surface area contributed by atoms with Gasteiger partial charge in [0.15, 0.2) is 11.5 Å². The molecular formula is C11H17N5O. The highest BCUT2D eigenvalue weighted by Gasteiger charge is 2.20. The number of carbonyl (C=O) groups excluding carboxylic acids is 1. The molecule has 1 unspecified atom stereocenters. The molecule has 1 aliphatic heterocycles. The van der Waals surface area contributed by atoms with E-state index in [4.69, 9.17) is 11.5 Å². The number of hydrogen-bond acceptors (Lipinski definition) is 5. The lowest BCUT2D eigenvalue weighted by Gasteiger charge is -2.32. The maximum absolute atomic E-state index is 10.9. The van der Waals surface area contributed by atoms with E-state index >= 15 is 0 Å². The van der Waals surface area contributed by atoms with Gasteiger partial charge in [-0.25, -0.2) is 0 Å². The van der Waals surface area contributed by atoms with Crippen LogP contribution < -0.4 is 16.4 Å². The summed E-state index contributed by atoms with van der Waals surface area (Å²) < 4.78 is 0. The van der Waals surface area contributed by atoms with Crippen LogP contribution in [-0.2, 0) is 0 Å². The average Bonchev–Trinajstić information content (AvgIpc) is 2.39. The van der Waals surface area contributed by atoms with Crippen molar-refractivity contribution in [1.82, 2.24) is 10.2 Å². The van der Waals surface area contributed by atoms with Gasteiger partial charge in [0.1, 0.15) is 0 Å². The summed E-state index contributed by atoms with van der Waals surface area (Å²) in [6.07, 6.45) is 2.28. The largest absolute Gasteiger partial charge is 0.364 e.